The summed E-state index contributed by atoms with van der Waals surface area (Å²) in [5.41, 5.74) is -2.71. The molecule has 2 saturated heterocycles. The van der Waals surface area contributed by atoms with Gasteiger partial charge in [-0.05, 0) is 6.08 Å². The lowest BCUT2D eigenvalue weighted by atomic mass is 10.4. The SMILES string of the molecule is C=CC(=O)n1c(=O)n(CC2CO2)c(=O)n(CC2CO2)c1=O. The number of ether oxygens (including phenoxy) is 2. The molecule has 0 N–H and O–H groups in total. The van der Waals surface area contributed by atoms with Crippen molar-refractivity contribution in [1.82, 2.24) is 13.7 Å². The van der Waals surface area contributed by atoms with E-state index in [0.717, 1.165) is 15.2 Å². The topological polar surface area (TPSA) is 108 Å². The predicted octanol–water partition coefficient (Wildman–Crippen LogP) is -2.20. The molecule has 1 aromatic heterocycles. The Labute approximate surface area is 117 Å². The van der Waals surface area contributed by atoms with Gasteiger partial charge in [0, 0.05) is 0 Å². The van der Waals surface area contributed by atoms with Gasteiger partial charge in [-0.1, -0.05) is 6.58 Å². The average Bonchev–Trinajstić information content (AvgIpc) is 3.34. The van der Waals surface area contributed by atoms with Crippen LogP contribution in [0.5, 0.6) is 0 Å². The van der Waals surface area contributed by atoms with Crippen LogP contribution in [0, 0.1) is 0 Å². The Hall–Kier alpha value is -2.26. The Morgan fingerprint density at radius 3 is 1.81 bits per heavy atom. The molecule has 2 aliphatic heterocycles. The minimum Gasteiger partial charge on any atom is -0.371 e. The van der Waals surface area contributed by atoms with Crippen LogP contribution in [-0.4, -0.2) is 45.0 Å². The fraction of sp³-hybridized carbons (Fsp3) is 0.500. The lowest BCUT2D eigenvalue weighted by Crippen LogP contribution is -2.56. The molecular weight excluding hydrogens is 282 g/mol. The van der Waals surface area contributed by atoms with Crippen LogP contribution in [0.25, 0.3) is 0 Å². The highest BCUT2D eigenvalue weighted by atomic mass is 16.6. The number of epoxide rings is 2. The van der Waals surface area contributed by atoms with Crippen molar-refractivity contribution in [3.05, 3.63) is 44.1 Å². The summed E-state index contributed by atoms with van der Waals surface area (Å²) in [6.45, 7) is 4.14. The molecule has 1 aromatic rings. The summed E-state index contributed by atoms with van der Waals surface area (Å²) >= 11 is 0. The number of hydrogen-bond donors (Lipinski definition) is 0. The second kappa shape index (κ2) is 4.93. The van der Waals surface area contributed by atoms with Crippen LogP contribution in [0.4, 0.5) is 0 Å². The molecule has 2 atom stereocenters. The van der Waals surface area contributed by atoms with Crippen molar-refractivity contribution in [1.29, 1.82) is 0 Å². The van der Waals surface area contributed by atoms with Crippen LogP contribution in [0.2, 0.25) is 0 Å². The summed E-state index contributed by atoms with van der Waals surface area (Å²) in [5.74, 6) is -0.874. The van der Waals surface area contributed by atoms with E-state index in [2.05, 4.69) is 6.58 Å². The molecule has 2 fully saturated rings. The zero-order valence-corrected chi connectivity index (χ0v) is 11.1. The van der Waals surface area contributed by atoms with Crippen LogP contribution in [0.1, 0.15) is 4.79 Å². The van der Waals surface area contributed by atoms with Crippen LogP contribution in [-0.2, 0) is 22.6 Å². The maximum absolute atomic E-state index is 12.3. The first-order chi connectivity index (χ1) is 10.0. The number of allylic oxidation sites excluding steroid dienone is 1. The van der Waals surface area contributed by atoms with Gasteiger partial charge >= 0.3 is 17.1 Å². The fourth-order valence-corrected chi connectivity index (χ4v) is 1.98. The van der Waals surface area contributed by atoms with Gasteiger partial charge in [0.2, 0.25) is 0 Å². The Kier molecular flexibility index (Phi) is 3.22. The van der Waals surface area contributed by atoms with Gasteiger partial charge in [-0.25, -0.2) is 23.5 Å². The molecule has 2 unspecified atom stereocenters. The third-order valence-corrected chi connectivity index (χ3v) is 3.28. The summed E-state index contributed by atoms with van der Waals surface area (Å²) in [6, 6.07) is 0. The number of nitrogens with zero attached hydrogens (tertiary/aromatic N) is 3. The van der Waals surface area contributed by atoms with Crippen molar-refractivity contribution < 1.29 is 14.3 Å². The molecule has 112 valence electrons. The average molecular weight is 295 g/mol. The molecule has 21 heavy (non-hydrogen) atoms. The zero-order chi connectivity index (χ0) is 15.1. The normalized spacial score (nSPS) is 22.9. The van der Waals surface area contributed by atoms with E-state index < -0.39 is 23.0 Å². The summed E-state index contributed by atoms with van der Waals surface area (Å²) in [4.78, 5) is 48.4. The Balaban J connectivity index is 2.20. The molecule has 3 heterocycles. The smallest absolute Gasteiger partial charge is 0.343 e. The van der Waals surface area contributed by atoms with E-state index >= 15 is 0 Å². The molecule has 0 aromatic carbocycles. The van der Waals surface area contributed by atoms with Gasteiger partial charge in [-0.15, -0.1) is 0 Å². The molecule has 0 saturated carbocycles. The van der Waals surface area contributed by atoms with E-state index in [4.69, 9.17) is 9.47 Å². The lowest BCUT2D eigenvalue weighted by molar-refractivity contribution is 0.0951. The molecule has 9 nitrogen and oxygen atoms in total. The van der Waals surface area contributed by atoms with Crippen molar-refractivity contribution >= 4 is 5.91 Å². The highest BCUT2D eigenvalue weighted by molar-refractivity contribution is 5.88. The van der Waals surface area contributed by atoms with Crippen molar-refractivity contribution in [3.8, 4) is 0 Å². The minimum atomic E-state index is -0.974. The summed E-state index contributed by atoms with van der Waals surface area (Å²) in [7, 11) is 0. The number of carbonyl (C=O) groups is 1. The first-order valence-corrected chi connectivity index (χ1v) is 6.39. The van der Waals surface area contributed by atoms with Crippen LogP contribution >= 0.6 is 0 Å². The van der Waals surface area contributed by atoms with Gasteiger partial charge < -0.3 is 9.47 Å². The van der Waals surface area contributed by atoms with E-state index in [1.165, 1.54) is 0 Å². The quantitative estimate of drug-likeness (QED) is 0.450. The second-order valence-electron chi connectivity index (χ2n) is 4.86. The Morgan fingerprint density at radius 2 is 1.48 bits per heavy atom. The third-order valence-electron chi connectivity index (χ3n) is 3.28. The summed E-state index contributed by atoms with van der Waals surface area (Å²) < 4.78 is 12.0. The second-order valence-corrected chi connectivity index (χ2v) is 4.86. The number of carbonyl (C=O) groups excluding carboxylic acids is 1. The highest BCUT2D eigenvalue weighted by Gasteiger charge is 2.30. The number of hydrogen-bond acceptors (Lipinski definition) is 6. The molecule has 2 aliphatic rings. The molecular formula is C12H13N3O6. The Morgan fingerprint density at radius 1 is 1.05 bits per heavy atom. The molecule has 0 spiro atoms. The van der Waals surface area contributed by atoms with Gasteiger partial charge in [-0.2, -0.15) is 4.57 Å². The van der Waals surface area contributed by atoms with Crippen molar-refractivity contribution in [2.75, 3.05) is 13.2 Å². The maximum Gasteiger partial charge on any atom is 0.343 e. The summed E-state index contributed by atoms with van der Waals surface area (Å²) in [5, 5.41) is 0. The third kappa shape index (κ3) is 2.52. The predicted molar refractivity (Wildman–Crippen MR) is 69.5 cm³/mol. The van der Waals surface area contributed by atoms with Crippen molar-refractivity contribution in [3.63, 3.8) is 0 Å². The number of aromatic nitrogens is 3. The van der Waals surface area contributed by atoms with Gasteiger partial charge in [0.25, 0.3) is 5.91 Å². The molecule has 0 radical (unpaired) electrons. The largest absolute Gasteiger partial charge is 0.371 e. The molecule has 0 bridgehead atoms. The van der Waals surface area contributed by atoms with Gasteiger partial charge in [0.05, 0.1) is 38.5 Å². The van der Waals surface area contributed by atoms with Crippen LogP contribution in [0.3, 0.4) is 0 Å². The van der Waals surface area contributed by atoms with Crippen LogP contribution in [0.15, 0.2) is 27.0 Å². The Bertz CT molecular complexity index is 725. The standard InChI is InChI=1S/C12H13N3O6/c1-2-9(16)15-11(18)13(3-7-5-20-7)10(17)14(12(15)19)4-8-6-21-8/h2,7-8H,1,3-6H2. The first kappa shape index (κ1) is 13.7. The highest BCUT2D eigenvalue weighted by Crippen LogP contribution is 2.10. The number of rotatable bonds is 5. The van der Waals surface area contributed by atoms with Crippen LogP contribution < -0.4 is 17.1 Å². The van der Waals surface area contributed by atoms with Gasteiger partial charge in [-0.3, -0.25) is 4.79 Å². The van der Waals surface area contributed by atoms with Crippen molar-refractivity contribution in [2.45, 2.75) is 25.3 Å². The fourth-order valence-electron chi connectivity index (χ4n) is 1.98. The van der Waals surface area contributed by atoms with E-state index in [1.807, 2.05) is 0 Å². The van der Waals surface area contributed by atoms with E-state index in [0.29, 0.717) is 17.8 Å². The van der Waals surface area contributed by atoms with E-state index in [-0.39, 0.29) is 25.3 Å². The molecule has 0 amide bonds. The summed E-state index contributed by atoms with van der Waals surface area (Å²) in [6.07, 6.45) is 0.361. The monoisotopic (exact) mass is 295 g/mol. The maximum atomic E-state index is 12.3. The molecule has 9 heteroatoms. The van der Waals surface area contributed by atoms with Gasteiger partial charge in [0.1, 0.15) is 0 Å². The minimum absolute atomic E-state index is 0.00783. The zero-order valence-electron chi connectivity index (χ0n) is 11.1. The molecule has 0 aliphatic carbocycles. The van der Waals surface area contributed by atoms with Gasteiger partial charge in [0.15, 0.2) is 0 Å². The first-order valence-electron chi connectivity index (χ1n) is 6.39. The van der Waals surface area contributed by atoms with Crippen molar-refractivity contribution in [2.24, 2.45) is 0 Å². The van der Waals surface area contributed by atoms with E-state index in [9.17, 15) is 19.2 Å². The molecule has 3 rings (SSSR count). The lowest BCUT2D eigenvalue weighted by Gasteiger charge is -2.10. The van der Waals surface area contributed by atoms with E-state index in [1.54, 1.807) is 0 Å².